The molecule has 3 rings (SSSR count). The topological polar surface area (TPSA) is 93.5 Å². The van der Waals surface area contributed by atoms with Gasteiger partial charge in [0.1, 0.15) is 11.4 Å². The highest BCUT2D eigenvalue weighted by Gasteiger charge is 2.35. The SMILES string of the molecule is NC1(C(=O)Nc2cccc(C(=O)Nc3cccc(F)c3)c2)CCOCC1. The summed E-state index contributed by atoms with van der Waals surface area (Å²) < 4.78 is 18.5. The predicted octanol–water partition coefficient (Wildman–Crippen LogP) is 2.52. The summed E-state index contributed by atoms with van der Waals surface area (Å²) in [6.45, 7) is 0.889. The second-order valence-electron chi connectivity index (χ2n) is 6.27. The molecule has 0 aliphatic carbocycles. The van der Waals surface area contributed by atoms with Gasteiger partial charge in [0.15, 0.2) is 0 Å². The Hall–Kier alpha value is -2.77. The van der Waals surface area contributed by atoms with Crippen LogP contribution < -0.4 is 16.4 Å². The van der Waals surface area contributed by atoms with Gasteiger partial charge >= 0.3 is 0 Å². The number of nitrogens with one attached hydrogen (secondary N) is 2. The van der Waals surface area contributed by atoms with Crippen LogP contribution in [0.5, 0.6) is 0 Å². The lowest BCUT2D eigenvalue weighted by atomic mass is 9.90. The third-order valence-corrected chi connectivity index (χ3v) is 4.30. The van der Waals surface area contributed by atoms with Crippen molar-refractivity contribution in [1.29, 1.82) is 0 Å². The number of nitrogens with two attached hydrogens (primary N) is 1. The van der Waals surface area contributed by atoms with E-state index in [9.17, 15) is 14.0 Å². The van der Waals surface area contributed by atoms with Crippen LogP contribution in [0.1, 0.15) is 23.2 Å². The molecule has 2 amide bonds. The second-order valence-corrected chi connectivity index (χ2v) is 6.27. The average Bonchev–Trinajstić information content (AvgIpc) is 2.62. The molecular weight excluding hydrogens is 337 g/mol. The first-order valence-electron chi connectivity index (χ1n) is 8.31. The lowest BCUT2D eigenvalue weighted by Gasteiger charge is -2.31. The molecule has 1 heterocycles. The summed E-state index contributed by atoms with van der Waals surface area (Å²) in [6.07, 6.45) is 0.886. The van der Waals surface area contributed by atoms with Crippen LogP contribution in [0, 0.1) is 5.82 Å². The van der Waals surface area contributed by atoms with E-state index in [4.69, 9.17) is 10.5 Å². The molecular formula is C19H20FN3O3. The highest BCUT2D eigenvalue weighted by atomic mass is 19.1. The van der Waals surface area contributed by atoms with Crippen molar-refractivity contribution in [3.8, 4) is 0 Å². The van der Waals surface area contributed by atoms with Crippen molar-refractivity contribution in [3.05, 3.63) is 59.9 Å². The highest BCUT2D eigenvalue weighted by Crippen LogP contribution is 2.21. The van der Waals surface area contributed by atoms with Crippen molar-refractivity contribution in [2.45, 2.75) is 18.4 Å². The van der Waals surface area contributed by atoms with Gasteiger partial charge in [-0.25, -0.2) is 4.39 Å². The number of anilines is 2. The summed E-state index contributed by atoms with van der Waals surface area (Å²) in [5, 5.41) is 5.38. The zero-order valence-corrected chi connectivity index (χ0v) is 14.1. The molecule has 0 atom stereocenters. The second kappa shape index (κ2) is 7.63. The number of carbonyl (C=O) groups excluding carboxylic acids is 2. The number of rotatable bonds is 4. The van der Waals surface area contributed by atoms with Gasteiger partial charge < -0.3 is 21.1 Å². The first kappa shape index (κ1) is 18.0. The van der Waals surface area contributed by atoms with Gasteiger partial charge in [-0.3, -0.25) is 9.59 Å². The van der Waals surface area contributed by atoms with E-state index in [1.165, 1.54) is 18.2 Å². The maximum absolute atomic E-state index is 13.2. The molecule has 0 bridgehead atoms. The minimum atomic E-state index is -0.974. The van der Waals surface area contributed by atoms with E-state index < -0.39 is 17.3 Å². The molecule has 26 heavy (non-hydrogen) atoms. The van der Waals surface area contributed by atoms with Crippen LogP contribution in [-0.2, 0) is 9.53 Å². The Bertz CT molecular complexity index is 819. The quantitative estimate of drug-likeness (QED) is 0.784. The molecule has 0 spiro atoms. The normalized spacial score (nSPS) is 15.9. The number of halogens is 1. The van der Waals surface area contributed by atoms with E-state index in [1.807, 2.05) is 0 Å². The number of benzene rings is 2. The molecule has 7 heteroatoms. The molecule has 4 N–H and O–H groups in total. The molecule has 0 aromatic heterocycles. The smallest absolute Gasteiger partial charge is 0.255 e. The Morgan fingerprint density at radius 1 is 1.00 bits per heavy atom. The maximum Gasteiger partial charge on any atom is 0.255 e. The van der Waals surface area contributed by atoms with E-state index >= 15 is 0 Å². The first-order chi connectivity index (χ1) is 12.5. The molecule has 1 aliphatic rings. The summed E-state index contributed by atoms with van der Waals surface area (Å²) in [5.41, 5.74) is 6.35. The zero-order valence-electron chi connectivity index (χ0n) is 14.1. The third-order valence-electron chi connectivity index (χ3n) is 4.30. The summed E-state index contributed by atoms with van der Waals surface area (Å²) in [4.78, 5) is 24.8. The number of carbonyl (C=O) groups is 2. The molecule has 6 nitrogen and oxygen atoms in total. The fraction of sp³-hybridized carbons (Fsp3) is 0.263. The summed E-state index contributed by atoms with van der Waals surface area (Å²) in [7, 11) is 0. The predicted molar refractivity (Wildman–Crippen MR) is 96.4 cm³/mol. The van der Waals surface area contributed by atoms with Crippen molar-refractivity contribution < 1.29 is 18.7 Å². The van der Waals surface area contributed by atoms with Crippen LogP contribution in [0.3, 0.4) is 0 Å². The molecule has 2 aromatic carbocycles. The lowest BCUT2D eigenvalue weighted by molar-refractivity contribution is -0.124. The van der Waals surface area contributed by atoms with E-state index in [2.05, 4.69) is 10.6 Å². The van der Waals surface area contributed by atoms with Crippen LogP contribution in [0.15, 0.2) is 48.5 Å². The van der Waals surface area contributed by atoms with Crippen molar-refractivity contribution >= 4 is 23.2 Å². The number of hydrogen-bond donors (Lipinski definition) is 3. The first-order valence-corrected chi connectivity index (χ1v) is 8.31. The van der Waals surface area contributed by atoms with Crippen LogP contribution >= 0.6 is 0 Å². The fourth-order valence-electron chi connectivity index (χ4n) is 2.73. The van der Waals surface area contributed by atoms with Gasteiger partial charge in [0.25, 0.3) is 5.91 Å². The van der Waals surface area contributed by atoms with E-state index in [0.29, 0.717) is 43.0 Å². The molecule has 0 saturated carbocycles. The molecule has 1 saturated heterocycles. The van der Waals surface area contributed by atoms with Crippen molar-refractivity contribution in [2.75, 3.05) is 23.8 Å². The van der Waals surface area contributed by atoms with Gasteiger partial charge in [-0.05, 0) is 49.2 Å². The largest absolute Gasteiger partial charge is 0.381 e. The van der Waals surface area contributed by atoms with Gasteiger partial charge in [-0.1, -0.05) is 12.1 Å². The maximum atomic E-state index is 13.2. The molecule has 0 radical (unpaired) electrons. The number of hydrogen-bond acceptors (Lipinski definition) is 4. The Labute approximate surface area is 150 Å². The molecule has 1 aliphatic heterocycles. The summed E-state index contributed by atoms with van der Waals surface area (Å²) in [5.74, 6) is -1.14. The Morgan fingerprint density at radius 2 is 1.65 bits per heavy atom. The average molecular weight is 357 g/mol. The molecule has 0 unspecified atom stereocenters. The molecule has 1 fully saturated rings. The molecule has 136 valence electrons. The Balaban J connectivity index is 1.69. The highest BCUT2D eigenvalue weighted by molar-refractivity contribution is 6.05. The van der Waals surface area contributed by atoms with Gasteiger partial charge in [-0.15, -0.1) is 0 Å². The van der Waals surface area contributed by atoms with E-state index in [1.54, 1.807) is 30.3 Å². The third kappa shape index (κ3) is 4.25. The Kier molecular flexibility index (Phi) is 5.29. The van der Waals surface area contributed by atoms with Crippen LogP contribution in [0.4, 0.5) is 15.8 Å². The summed E-state index contributed by atoms with van der Waals surface area (Å²) >= 11 is 0. The van der Waals surface area contributed by atoms with Gasteiger partial charge in [0.2, 0.25) is 5.91 Å². The van der Waals surface area contributed by atoms with Gasteiger partial charge in [0, 0.05) is 30.2 Å². The lowest BCUT2D eigenvalue weighted by Crippen LogP contribution is -2.54. The fourth-order valence-corrected chi connectivity index (χ4v) is 2.73. The van der Waals surface area contributed by atoms with Gasteiger partial charge in [0.05, 0.1) is 0 Å². The number of amides is 2. The van der Waals surface area contributed by atoms with E-state index in [0.717, 1.165) is 0 Å². The minimum absolute atomic E-state index is 0.302. The summed E-state index contributed by atoms with van der Waals surface area (Å²) in [6, 6.07) is 12.1. The van der Waals surface area contributed by atoms with Gasteiger partial charge in [-0.2, -0.15) is 0 Å². The molecule has 2 aromatic rings. The standard InChI is InChI=1S/C19H20FN3O3/c20-14-4-2-6-16(12-14)22-17(24)13-3-1-5-15(11-13)23-18(25)19(21)7-9-26-10-8-19/h1-6,11-12H,7-10,21H2,(H,22,24)(H,23,25). The van der Waals surface area contributed by atoms with E-state index in [-0.39, 0.29) is 5.91 Å². The van der Waals surface area contributed by atoms with Crippen molar-refractivity contribution in [2.24, 2.45) is 5.73 Å². The minimum Gasteiger partial charge on any atom is -0.381 e. The Morgan fingerprint density at radius 3 is 2.35 bits per heavy atom. The zero-order chi connectivity index (χ0) is 18.6. The number of ether oxygens (including phenoxy) is 1. The van der Waals surface area contributed by atoms with Crippen LogP contribution in [-0.4, -0.2) is 30.6 Å². The monoisotopic (exact) mass is 357 g/mol. The van der Waals surface area contributed by atoms with Crippen molar-refractivity contribution in [1.82, 2.24) is 0 Å². The van der Waals surface area contributed by atoms with Crippen molar-refractivity contribution in [3.63, 3.8) is 0 Å². The van der Waals surface area contributed by atoms with Crippen LogP contribution in [0.25, 0.3) is 0 Å². The van der Waals surface area contributed by atoms with Crippen LogP contribution in [0.2, 0.25) is 0 Å².